The molecular formula is C28H31N3O5. The number of piperazine rings is 1. The lowest BCUT2D eigenvalue weighted by molar-refractivity contribution is -0.159. The van der Waals surface area contributed by atoms with Gasteiger partial charge < -0.3 is 24.9 Å². The number of allylic oxidation sites excluding steroid dienone is 1. The van der Waals surface area contributed by atoms with Gasteiger partial charge in [0.05, 0.1) is 6.54 Å². The van der Waals surface area contributed by atoms with Crippen LogP contribution in [0, 0.1) is 19.3 Å². The van der Waals surface area contributed by atoms with Crippen molar-refractivity contribution >= 4 is 29.2 Å². The monoisotopic (exact) mass is 489 g/mol. The van der Waals surface area contributed by atoms with Gasteiger partial charge in [-0.15, -0.1) is 6.42 Å². The number of carboxylic acid groups (broad SMARTS) is 2. The van der Waals surface area contributed by atoms with Gasteiger partial charge in [0.1, 0.15) is 0 Å². The summed E-state index contributed by atoms with van der Waals surface area (Å²) >= 11 is 0. The topological polar surface area (TPSA) is 101 Å². The summed E-state index contributed by atoms with van der Waals surface area (Å²) in [6.45, 7) is 6.67. The predicted molar refractivity (Wildman–Crippen MR) is 139 cm³/mol. The van der Waals surface area contributed by atoms with Crippen LogP contribution in [0.4, 0.5) is 11.4 Å². The van der Waals surface area contributed by atoms with Crippen LogP contribution in [0.25, 0.3) is 0 Å². The molecule has 0 atom stereocenters. The normalized spacial score (nSPS) is 15.1. The van der Waals surface area contributed by atoms with E-state index in [1.54, 1.807) is 4.90 Å². The third-order valence-corrected chi connectivity index (χ3v) is 6.13. The molecule has 1 fully saturated rings. The van der Waals surface area contributed by atoms with Crippen molar-refractivity contribution in [3.8, 4) is 12.3 Å². The molecule has 188 valence electrons. The number of carboxylic acids is 2. The molecule has 1 amide bonds. The zero-order valence-corrected chi connectivity index (χ0v) is 20.4. The summed E-state index contributed by atoms with van der Waals surface area (Å²) < 4.78 is 0. The van der Waals surface area contributed by atoms with Crippen LogP contribution in [0.1, 0.15) is 23.1 Å². The lowest BCUT2D eigenvalue weighted by atomic mass is 9.97. The Morgan fingerprint density at radius 1 is 1.03 bits per heavy atom. The fraction of sp³-hybridized carbons (Fsp3) is 0.321. The number of carbonyl (C=O) groups is 3. The van der Waals surface area contributed by atoms with Gasteiger partial charge in [0.15, 0.2) is 0 Å². The minimum atomic E-state index is -1.82. The Bertz CT molecular complexity index is 1160. The fourth-order valence-corrected chi connectivity index (χ4v) is 4.30. The first-order valence-corrected chi connectivity index (χ1v) is 11.8. The van der Waals surface area contributed by atoms with Crippen molar-refractivity contribution < 1.29 is 24.6 Å². The second-order valence-electron chi connectivity index (χ2n) is 8.71. The Morgan fingerprint density at radius 2 is 1.75 bits per heavy atom. The van der Waals surface area contributed by atoms with Gasteiger partial charge in [-0.25, -0.2) is 9.59 Å². The Hall–Kier alpha value is -4.25. The number of amides is 1. The highest BCUT2D eigenvalue weighted by Crippen LogP contribution is 2.28. The number of anilines is 2. The van der Waals surface area contributed by atoms with E-state index >= 15 is 0 Å². The molecule has 8 heteroatoms. The van der Waals surface area contributed by atoms with Crippen LogP contribution in [0.15, 0.2) is 54.7 Å². The number of hydrogen-bond acceptors (Lipinski definition) is 5. The molecule has 2 aromatic carbocycles. The van der Waals surface area contributed by atoms with Gasteiger partial charge in [-0.3, -0.25) is 4.79 Å². The number of terminal acetylenes is 1. The summed E-state index contributed by atoms with van der Waals surface area (Å²) in [4.78, 5) is 36.9. The maximum atomic E-state index is 12.1. The summed E-state index contributed by atoms with van der Waals surface area (Å²) in [5.41, 5.74) is 6.11. The average Bonchev–Trinajstić information content (AvgIpc) is 2.86. The second-order valence-corrected chi connectivity index (χ2v) is 8.71. The van der Waals surface area contributed by atoms with Gasteiger partial charge in [0.25, 0.3) is 0 Å². The summed E-state index contributed by atoms with van der Waals surface area (Å²) in [7, 11) is 0. The summed E-state index contributed by atoms with van der Waals surface area (Å²) in [5.74, 6) is -0.930. The first-order valence-electron chi connectivity index (χ1n) is 11.8. The van der Waals surface area contributed by atoms with Crippen molar-refractivity contribution in [3.05, 3.63) is 71.4 Å². The van der Waals surface area contributed by atoms with E-state index in [2.05, 4.69) is 71.3 Å². The van der Waals surface area contributed by atoms with Crippen LogP contribution in [0.2, 0.25) is 0 Å². The van der Waals surface area contributed by atoms with Crippen LogP contribution >= 0.6 is 0 Å². The summed E-state index contributed by atoms with van der Waals surface area (Å²) in [6.07, 6.45) is 12.2. The third-order valence-electron chi connectivity index (χ3n) is 6.13. The number of aliphatic carboxylic acids is 2. The molecule has 1 saturated heterocycles. The van der Waals surface area contributed by atoms with E-state index in [0.717, 1.165) is 44.7 Å². The Morgan fingerprint density at radius 3 is 2.39 bits per heavy atom. The maximum absolute atomic E-state index is 12.1. The molecule has 2 aliphatic rings. The zero-order valence-electron chi connectivity index (χ0n) is 20.4. The van der Waals surface area contributed by atoms with Crippen molar-refractivity contribution in [1.82, 2.24) is 4.90 Å². The maximum Gasteiger partial charge on any atom is 0.414 e. The van der Waals surface area contributed by atoms with Crippen LogP contribution in [0.3, 0.4) is 0 Å². The van der Waals surface area contributed by atoms with E-state index < -0.39 is 11.9 Å². The van der Waals surface area contributed by atoms with Crippen LogP contribution in [-0.4, -0.2) is 65.7 Å². The molecule has 36 heavy (non-hydrogen) atoms. The SMILES string of the molecule is C#CCN1C(=O)CCc2cc(CC=CN3CCN(c4cccc(C)c4)CC3)ccc21.O=C(O)C(=O)O. The largest absolute Gasteiger partial charge is 0.473 e. The molecule has 4 rings (SSSR count). The van der Waals surface area contributed by atoms with E-state index in [-0.39, 0.29) is 5.91 Å². The predicted octanol–water partition coefficient (Wildman–Crippen LogP) is 2.94. The molecule has 2 heterocycles. The summed E-state index contributed by atoms with van der Waals surface area (Å²) in [6, 6.07) is 15.1. The number of benzene rings is 2. The fourth-order valence-electron chi connectivity index (χ4n) is 4.30. The highest BCUT2D eigenvalue weighted by atomic mass is 16.4. The van der Waals surface area contributed by atoms with Crippen molar-refractivity contribution in [3.63, 3.8) is 0 Å². The lowest BCUT2D eigenvalue weighted by Gasteiger charge is -2.35. The highest BCUT2D eigenvalue weighted by Gasteiger charge is 2.23. The van der Waals surface area contributed by atoms with E-state index in [1.807, 2.05) is 6.07 Å². The quantitative estimate of drug-likeness (QED) is 0.492. The Labute approximate surface area is 211 Å². The molecule has 0 spiro atoms. The standard InChI is InChI=1S/C26H29N3O.C2H2O4/c1-3-13-29-25-11-9-22(20-23(25)10-12-26(29)30)7-5-14-27-15-17-28(18-16-27)24-8-4-6-21(2)19-24;3-1(4)2(5)6/h1,4-6,8-9,11,14,19-20H,7,10,12-13,15-18H2,2H3;(H,3,4)(H,5,6). The molecule has 8 nitrogen and oxygen atoms in total. The zero-order chi connectivity index (χ0) is 26.1. The van der Waals surface area contributed by atoms with Gasteiger partial charge in [0, 0.05) is 44.0 Å². The number of nitrogens with zero attached hydrogens (tertiary/aromatic N) is 3. The number of fused-ring (bicyclic) bond motifs is 1. The van der Waals surface area contributed by atoms with Crippen LogP contribution in [0.5, 0.6) is 0 Å². The first-order chi connectivity index (χ1) is 17.3. The third kappa shape index (κ3) is 7.12. The van der Waals surface area contributed by atoms with Gasteiger partial charge >= 0.3 is 11.9 Å². The Balaban J connectivity index is 0.000000538. The average molecular weight is 490 g/mol. The van der Waals surface area contributed by atoms with Crippen molar-refractivity contribution in [2.75, 3.05) is 42.5 Å². The van der Waals surface area contributed by atoms with E-state index in [1.165, 1.54) is 22.4 Å². The number of aryl methyl sites for hydroxylation is 2. The van der Waals surface area contributed by atoms with Gasteiger partial charge in [0.2, 0.25) is 5.91 Å². The van der Waals surface area contributed by atoms with Crippen molar-refractivity contribution in [2.45, 2.75) is 26.2 Å². The van der Waals surface area contributed by atoms with Gasteiger partial charge in [-0.1, -0.05) is 36.3 Å². The smallest absolute Gasteiger partial charge is 0.414 e. The Kier molecular flexibility index (Phi) is 9.12. The lowest BCUT2D eigenvalue weighted by Crippen LogP contribution is -2.44. The molecule has 0 aromatic heterocycles. The molecule has 0 bridgehead atoms. The second kappa shape index (κ2) is 12.5. The minimum absolute atomic E-state index is 0.123. The van der Waals surface area contributed by atoms with Crippen LogP contribution in [-0.2, 0) is 27.2 Å². The summed E-state index contributed by atoms with van der Waals surface area (Å²) in [5, 5.41) is 14.8. The minimum Gasteiger partial charge on any atom is -0.473 e. The first kappa shape index (κ1) is 26.4. The molecule has 2 N–H and O–H groups in total. The molecule has 2 aromatic rings. The number of carbonyl (C=O) groups excluding carboxylic acids is 1. The number of hydrogen-bond donors (Lipinski definition) is 2. The molecule has 0 saturated carbocycles. The van der Waals surface area contributed by atoms with Crippen molar-refractivity contribution in [2.24, 2.45) is 0 Å². The van der Waals surface area contributed by atoms with E-state index in [9.17, 15) is 4.79 Å². The molecule has 0 radical (unpaired) electrons. The molecule has 0 unspecified atom stereocenters. The molecule has 0 aliphatic carbocycles. The van der Waals surface area contributed by atoms with Crippen LogP contribution < -0.4 is 9.80 Å². The highest BCUT2D eigenvalue weighted by molar-refractivity contribution is 6.27. The van der Waals surface area contributed by atoms with Gasteiger partial charge in [-0.05, 0) is 60.9 Å². The molecular weight excluding hydrogens is 458 g/mol. The molecule has 2 aliphatic heterocycles. The number of rotatable bonds is 5. The van der Waals surface area contributed by atoms with E-state index in [4.69, 9.17) is 26.2 Å². The van der Waals surface area contributed by atoms with Crippen molar-refractivity contribution in [1.29, 1.82) is 0 Å². The van der Waals surface area contributed by atoms with E-state index in [0.29, 0.717) is 13.0 Å². The van der Waals surface area contributed by atoms with Gasteiger partial charge in [-0.2, -0.15) is 0 Å².